The number of aryl methyl sites for hydroxylation is 1. The van der Waals surface area contributed by atoms with Gasteiger partial charge in [-0.25, -0.2) is 13.2 Å². The fourth-order valence-corrected chi connectivity index (χ4v) is 6.92. The van der Waals surface area contributed by atoms with E-state index in [9.17, 15) is 22.8 Å². The zero-order valence-corrected chi connectivity index (χ0v) is 24.6. The van der Waals surface area contributed by atoms with E-state index in [1.54, 1.807) is 48.7 Å². The van der Waals surface area contributed by atoms with Crippen LogP contribution in [-0.2, 0) is 14.6 Å². The maximum absolute atomic E-state index is 13.2. The van der Waals surface area contributed by atoms with Gasteiger partial charge in [-0.15, -0.1) is 11.3 Å². The molecular weight excluding hydrogens is 592 g/mol. The number of benzene rings is 1. The molecule has 0 bridgehead atoms. The fraction of sp³-hybridized carbons (Fsp3) is 0.370. The summed E-state index contributed by atoms with van der Waals surface area (Å²) in [6.45, 7) is 3.96. The Labute approximate surface area is 246 Å². The summed E-state index contributed by atoms with van der Waals surface area (Å²) in [6, 6.07) is 11.9. The lowest BCUT2D eigenvalue weighted by Gasteiger charge is -2.26. The Balaban J connectivity index is 1.20. The Bertz CT molecular complexity index is 1610. The highest BCUT2D eigenvalue weighted by molar-refractivity contribution is 7.91. The molecule has 2 fully saturated rings. The highest BCUT2D eigenvalue weighted by Crippen LogP contribution is 2.26. The van der Waals surface area contributed by atoms with E-state index in [1.807, 2.05) is 11.8 Å². The average molecular weight is 621 g/mol. The lowest BCUT2D eigenvalue weighted by Crippen LogP contribution is -2.42. The van der Waals surface area contributed by atoms with Gasteiger partial charge in [0.1, 0.15) is 12.7 Å². The lowest BCUT2D eigenvalue weighted by molar-refractivity contribution is 0.0920. The first-order chi connectivity index (χ1) is 19.6. The molecule has 0 spiro atoms. The van der Waals surface area contributed by atoms with Crippen LogP contribution in [0.1, 0.15) is 15.2 Å². The molecule has 2 aromatic heterocycles. The summed E-state index contributed by atoms with van der Waals surface area (Å²) in [5.41, 5.74) is 1.68. The smallest absolute Gasteiger partial charge is 0.414 e. The fourth-order valence-electron chi connectivity index (χ4n) is 4.68. The Kier molecular flexibility index (Phi) is 8.68. The first kappa shape index (κ1) is 29.1. The van der Waals surface area contributed by atoms with Crippen molar-refractivity contribution < 1.29 is 27.5 Å². The van der Waals surface area contributed by atoms with E-state index in [2.05, 4.69) is 5.32 Å². The molecular formula is C27H29ClN4O7S2. The number of nitrogens with one attached hydrogen (secondary N) is 1. The number of nitrogens with zero attached hydrogens (tertiary/aromatic N) is 3. The van der Waals surface area contributed by atoms with Gasteiger partial charge in [0.05, 0.1) is 39.5 Å². The number of amides is 2. The Morgan fingerprint density at radius 2 is 1.95 bits per heavy atom. The van der Waals surface area contributed by atoms with Gasteiger partial charge in [-0.2, -0.15) is 0 Å². The summed E-state index contributed by atoms with van der Waals surface area (Å²) in [7, 11) is -2.95. The third kappa shape index (κ3) is 6.92. The minimum atomic E-state index is -2.95. The normalized spacial score (nSPS) is 18.7. The second kappa shape index (κ2) is 12.2. The zero-order chi connectivity index (χ0) is 29.1. The minimum Gasteiger partial charge on any atom is -0.487 e. The number of cyclic esters (lactones) is 1. The van der Waals surface area contributed by atoms with Crippen LogP contribution in [-0.4, -0.2) is 86.8 Å². The molecule has 2 saturated heterocycles. The van der Waals surface area contributed by atoms with Crippen molar-refractivity contribution >= 4 is 50.5 Å². The first-order valence-corrected chi connectivity index (χ1v) is 16.0. The number of carbonyl (C=O) groups is 2. The number of aromatic nitrogens is 1. The number of ether oxygens (including phenoxy) is 2. The topological polar surface area (TPSA) is 127 Å². The second-order valence-corrected chi connectivity index (χ2v) is 13.8. The highest BCUT2D eigenvalue weighted by Gasteiger charge is 2.33. The highest BCUT2D eigenvalue weighted by atomic mass is 35.5. The third-order valence-electron chi connectivity index (χ3n) is 6.93. The van der Waals surface area contributed by atoms with Crippen molar-refractivity contribution in [2.24, 2.45) is 0 Å². The molecule has 2 aliphatic heterocycles. The van der Waals surface area contributed by atoms with Crippen LogP contribution in [0.3, 0.4) is 0 Å². The van der Waals surface area contributed by atoms with E-state index < -0.39 is 22.0 Å². The standard InChI is InChI=1S/C27H29ClN4O7S2/c1-18-15-19(32-17-20(39-27(32)35)16-29-25(33)23-6-7-24(28)40-23)4-5-21(18)31-8-2-3-22(26(31)34)38-12-9-30-10-13-41(36,37)14-11-30/h2-8,15,20H,9-14,16-17H2,1H3,(H,29,33)/t20-/m0/s1. The summed E-state index contributed by atoms with van der Waals surface area (Å²) in [6.07, 6.45) is 0.609. The van der Waals surface area contributed by atoms with Gasteiger partial charge < -0.3 is 14.8 Å². The molecule has 1 aromatic carbocycles. The van der Waals surface area contributed by atoms with Gasteiger partial charge in [0.2, 0.25) is 0 Å². The molecule has 41 heavy (non-hydrogen) atoms. The molecule has 11 nitrogen and oxygen atoms in total. The van der Waals surface area contributed by atoms with Crippen molar-refractivity contribution in [1.29, 1.82) is 0 Å². The van der Waals surface area contributed by atoms with Gasteiger partial charge in [0, 0.05) is 31.5 Å². The number of halogens is 1. The van der Waals surface area contributed by atoms with Crippen molar-refractivity contribution in [2.75, 3.05) is 55.7 Å². The number of sulfone groups is 1. The van der Waals surface area contributed by atoms with Crippen LogP contribution in [0.4, 0.5) is 10.5 Å². The Morgan fingerprint density at radius 1 is 1.17 bits per heavy atom. The third-order valence-corrected chi connectivity index (χ3v) is 9.77. The van der Waals surface area contributed by atoms with Gasteiger partial charge in [-0.3, -0.25) is 24.0 Å². The number of pyridine rings is 1. The largest absolute Gasteiger partial charge is 0.487 e. The van der Waals surface area contributed by atoms with Crippen molar-refractivity contribution in [2.45, 2.75) is 13.0 Å². The van der Waals surface area contributed by atoms with Crippen LogP contribution in [0.5, 0.6) is 5.75 Å². The molecule has 0 saturated carbocycles. The number of rotatable bonds is 9. The van der Waals surface area contributed by atoms with E-state index in [1.165, 1.54) is 20.8 Å². The van der Waals surface area contributed by atoms with Crippen LogP contribution in [0, 0.1) is 6.92 Å². The summed E-state index contributed by atoms with van der Waals surface area (Å²) in [5.74, 6) is 0.185. The van der Waals surface area contributed by atoms with Crippen LogP contribution >= 0.6 is 22.9 Å². The molecule has 218 valence electrons. The van der Waals surface area contributed by atoms with Gasteiger partial charge in [-0.05, 0) is 55.0 Å². The van der Waals surface area contributed by atoms with Crippen molar-refractivity contribution in [3.8, 4) is 11.4 Å². The van der Waals surface area contributed by atoms with Gasteiger partial charge >= 0.3 is 6.09 Å². The monoisotopic (exact) mass is 620 g/mol. The predicted octanol–water partition coefficient (Wildman–Crippen LogP) is 2.73. The van der Waals surface area contributed by atoms with Crippen LogP contribution in [0.15, 0.2) is 53.5 Å². The molecule has 0 radical (unpaired) electrons. The molecule has 4 heterocycles. The van der Waals surface area contributed by atoms with E-state index >= 15 is 0 Å². The SMILES string of the molecule is Cc1cc(N2C[C@H](CNC(=O)c3ccc(Cl)s3)OC2=O)ccc1-n1cccc(OCCN2CCS(=O)(=O)CC2)c1=O. The van der Waals surface area contributed by atoms with Gasteiger partial charge in [0.25, 0.3) is 11.5 Å². The maximum Gasteiger partial charge on any atom is 0.414 e. The number of hydrogen-bond donors (Lipinski definition) is 1. The first-order valence-electron chi connectivity index (χ1n) is 13.0. The molecule has 1 N–H and O–H groups in total. The van der Waals surface area contributed by atoms with Crippen LogP contribution in [0.25, 0.3) is 5.69 Å². The minimum absolute atomic E-state index is 0.137. The number of hydrogen-bond acceptors (Lipinski definition) is 9. The number of carbonyl (C=O) groups excluding carboxylic acids is 2. The molecule has 5 rings (SSSR count). The van der Waals surface area contributed by atoms with Crippen molar-refractivity contribution in [3.63, 3.8) is 0 Å². The molecule has 0 unspecified atom stereocenters. The Morgan fingerprint density at radius 3 is 2.66 bits per heavy atom. The summed E-state index contributed by atoms with van der Waals surface area (Å²) in [5, 5.41) is 2.77. The van der Waals surface area contributed by atoms with Crippen LogP contribution < -0.4 is 20.5 Å². The molecule has 14 heteroatoms. The van der Waals surface area contributed by atoms with Gasteiger partial charge in [0.15, 0.2) is 15.6 Å². The van der Waals surface area contributed by atoms with Crippen LogP contribution in [0.2, 0.25) is 4.34 Å². The second-order valence-electron chi connectivity index (χ2n) is 9.79. The summed E-state index contributed by atoms with van der Waals surface area (Å²) < 4.78 is 36.4. The average Bonchev–Trinajstić information content (AvgIpc) is 3.54. The molecule has 2 aliphatic rings. The number of thiophene rings is 1. The van der Waals surface area contributed by atoms with E-state index in [-0.39, 0.29) is 48.4 Å². The van der Waals surface area contributed by atoms with E-state index in [4.69, 9.17) is 21.1 Å². The summed E-state index contributed by atoms with van der Waals surface area (Å²) in [4.78, 5) is 42.0. The van der Waals surface area contributed by atoms with Gasteiger partial charge in [-0.1, -0.05) is 11.6 Å². The lowest BCUT2D eigenvalue weighted by atomic mass is 10.1. The zero-order valence-electron chi connectivity index (χ0n) is 22.2. The quantitative estimate of drug-likeness (QED) is 0.387. The Hall–Kier alpha value is -3.39. The van der Waals surface area contributed by atoms with E-state index in [0.29, 0.717) is 40.2 Å². The molecule has 0 aliphatic carbocycles. The number of anilines is 1. The summed E-state index contributed by atoms with van der Waals surface area (Å²) >= 11 is 7.06. The van der Waals surface area contributed by atoms with Crippen molar-refractivity contribution in [1.82, 2.24) is 14.8 Å². The maximum atomic E-state index is 13.2. The molecule has 2 amide bonds. The molecule has 1 atom stereocenters. The van der Waals surface area contributed by atoms with E-state index in [0.717, 1.165) is 5.56 Å². The predicted molar refractivity (Wildman–Crippen MR) is 157 cm³/mol. The van der Waals surface area contributed by atoms with Crippen molar-refractivity contribution in [3.05, 3.63) is 73.8 Å². The molecule has 3 aromatic rings.